The van der Waals surface area contributed by atoms with Crippen LogP contribution >= 0.6 is 0 Å². The molecule has 1 aromatic heterocycles. The first-order valence-corrected chi connectivity index (χ1v) is 5.87. The van der Waals surface area contributed by atoms with E-state index >= 15 is 0 Å². The molecule has 0 radical (unpaired) electrons. The minimum absolute atomic E-state index is 0.0182. The second-order valence-electron chi connectivity index (χ2n) is 4.49. The SMILES string of the molecule is CC(C)C(CN)C(=O)NCCc1nncn1C. The van der Waals surface area contributed by atoms with Crippen LogP contribution < -0.4 is 11.1 Å². The summed E-state index contributed by atoms with van der Waals surface area (Å²) in [7, 11) is 1.88. The van der Waals surface area contributed by atoms with Crippen LogP contribution in [0.2, 0.25) is 0 Å². The predicted molar refractivity (Wildman–Crippen MR) is 65.1 cm³/mol. The van der Waals surface area contributed by atoms with Crippen LogP contribution in [-0.2, 0) is 18.3 Å². The van der Waals surface area contributed by atoms with Crippen LogP contribution in [0.1, 0.15) is 19.7 Å². The Balaban J connectivity index is 2.36. The molecule has 96 valence electrons. The molecular formula is C11H21N5O. The third kappa shape index (κ3) is 3.81. The van der Waals surface area contributed by atoms with Gasteiger partial charge in [0.2, 0.25) is 5.91 Å². The van der Waals surface area contributed by atoms with E-state index in [4.69, 9.17) is 5.73 Å². The molecule has 0 aromatic carbocycles. The minimum Gasteiger partial charge on any atom is -0.355 e. The van der Waals surface area contributed by atoms with Crippen molar-refractivity contribution >= 4 is 5.91 Å². The molecule has 0 aliphatic carbocycles. The molecule has 0 saturated heterocycles. The Morgan fingerprint density at radius 1 is 1.59 bits per heavy atom. The van der Waals surface area contributed by atoms with Gasteiger partial charge in [0, 0.05) is 26.6 Å². The fourth-order valence-corrected chi connectivity index (χ4v) is 1.64. The van der Waals surface area contributed by atoms with Gasteiger partial charge in [-0.15, -0.1) is 10.2 Å². The lowest BCUT2D eigenvalue weighted by atomic mass is 9.95. The molecule has 1 aromatic rings. The summed E-state index contributed by atoms with van der Waals surface area (Å²) in [4.78, 5) is 11.8. The fourth-order valence-electron chi connectivity index (χ4n) is 1.64. The molecule has 1 unspecified atom stereocenters. The summed E-state index contributed by atoms with van der Waals surface area (Å²) in [6, 6.07) is 0. The van der Waals surface area contributed by atoms with Crippen molar-refractivity contribution in [1.82, 2.24) is 20.1 Å². The number of aromatic nitrogens is 3. The fraction of sp³-hybridized carbons (Fsp3) is 0.727. The van der Waals surface area contributed by atoms with Gasteiger partial charge in [0.15, 0.2) is 0 Å². The van der Waals surface area contributed by atoms with Crippen molar-refractivity contribution in [3.05, 3.63) is 12.2 Å². The highest BCUT2D eigenvalue weighted by molar-refractivity contribution is 5.79. The standard InChI is InChI=1S/C11H21N5O/c1-8(2)9(6-12)11(17)13-5-4-10-15-14-7-16(10)3/h7-9H,4-6,12H2,1-3H3,(H,13,17). The van der Waals surface area contributed by atoms with Gasteiger partial charge >= 0.3 is 0 Å². The quantitative estimate of drug-likeness (QED) is 0.714. The lowest BCUT2D eigenvalue weighted by Gasteiger charge is -2.17. The molecule has 0 spiro atoms. The van der Waals surface area contributed by atoms with Crippen LogP contribution in [0.25, 0.3) is 0 Å². The smallest absolute Gasteiger partial charge is 0.224 e. The zero-order valence-electron chi connectivity index (χ0n) is 10.7. The zero-order chi connectivity index (χ0) is 12.8. The van der Waals surface area contributed by atoms with E-state index in [1.807, 2.05) is 25.5 Å². The lowest BCUT2D eigenvalue weighted by molar-refractivity contribution is -0.125. The number of hydrogen-bond acceptors (Lipinski definition) is 4. The lowest BCUT2D eigenvalue weighted by Crippen LogP contribution is -2.38. The van der Waals surface area contributed by atoms with Gasteiger partial charge in [-0.1, -0.05) is 13.8 Å². The maximum absolute atomic E-state index is 11.8. The molecule has 0 fully saturated rings. The highest BCUT2D eigenvalue weighted by Crippen LogP contribution is 2.08. The summed E-state index contributed by atoms with van der Waals surface area (Å²) in [5.41, 5.74) is 5.58. The Hall–Kier alpha value is -1.43. The molecule has 1 atom stereocenters. The van der Waals surface area contributed by atoms with E-state index in [0.717, 1.165) is 5.82 Å². The summed E-state index contributed by atoms with van der Waals surface area (Å²) < 4.78 is 1.84. The van der Waals surface area contributed by atoms with Gasteiger partial charge in [0.1, 0.15) is 12.2 Å². The number of nitrogens with zero attached hydrogens (tertiary/aromatic N) is 3. The first-order valence-electron chi connectivity index (χ1n) is 5.87. The summed E-state index contributed by atoms with van der Waals surface area (Å²) in [5, 5.41) is 10.6. The minimum atomic E-state index is -0.116. The Bertz CT molecular complexity index is 360. The second-order valence-corrected chi connectivity index (χ2v) is 4.49. The number of carbonyl (C=O) groups is 1. The van der Waals surface area contributed by atoms with E-state index in [0.29, 0.717) is 19.5 Å². The third-order valence-corrected chi connectivity index (χ3v) is 2.85. The van der Waals surface area contributed by atoms with Crippen molar-refractivity contribution in [3.8, 4) is 0 Å². The Morgan fingerprint density at radius 3 is 2.76 bits per heavy atom. The van der Waals surface area contributed by atoms with E-state index in [9.17, 15) is 4.79 Å². The number of hydrogen-bond donors (Lipinski definition) is 2. The van der Waals surface area contributed by atoms with E-state index in [1.54, 1.807) is 6.33 Å². The van der Waals surface area contributed by atoms with Gasteiger partial charge in [-0.3, -0.25) is 4.79 Å². The van der Waals surface area contributed by atoms with Crippen molar-refractivity contribution in [2.75, 3.05) is 13.1 Å². The molecule has 17 heavy (non-hydrogen) atoms. The largest absolute Gasteiger partial charge is 0.355 e. The van der Waals surface area contributed by atoms with Gasteiger partial charge in [-0.25, -0.2) is 0 Å². The molecule has 1 heterocycles. The van der Waals surface area contributed by atoms with E-state index in [1.165, 1.54) is 0 Å². The first kappa shape index (κ1) is 13.6. The maximum atomic E-state index is 11.8. The summed E-state index contributed by atoms with van der Waals surface area (Å²) in [6.07, 6.45) is 2.32. The van der Waals surface area contributed by atoms with Crippen molar-refractivity contribution in [2.45, 2.75) is 20.3 Å². The number of amides is 1. The third-order valence-electron chi connectivity index (χ3n) is 2.85. The average molecular weight is 239 g/mol. The van der Waals surface area contributed by atoms with Gasteiger partial charge in [-0.05, 0) is 5.92 Å². The van der Waals surface area contributed by atoms with Crippen molar-refractivity contribution < 1.29 is 4.79 Å². The molecule has 0 aliphatic rings. The van der Waals surface area contributed by atoms with Crippen LogP contribution in [0.4, 0.5) is 0 Å². The molecule has 0 saturated carbocycles. The monoisotopic (exact) mass is 239 g/mol. The van der Waals surface area contributed by atoms with Gasteiger partial charge in [0.05, 0.1) is 5.92 Å². The summed E-state index contributed by atoms with van der Waals surface area (Å²) >= 11 is 0. The zero-order valence-corrected chi connectivity index (χ0v) is 10.7. The summed E-state index contributed by atoms with van der Waals surface area (Å²) in [6.45, 7) is 4.95. The second kappa shape index (κ2) is 6.34. The number of carbonyl (C=O) groups excluding carboxylic acids is 1. The van der Waals surface area contributed by atoms with Gasteiger partial charge in [0.25, 0.3) is 0 Å². The number of nitrogens with two attached hydrogens (primary N) is 1. The average Bonchev–Trinajstić information content (AvgIpc) is 2.65. The highest BCUT2D eigenvalue weighted by atomic mass is 16.1. The highest BCUT2D eigenvalue weighted by Gasteiger charge is 2.19. The van der Waals surface area contributed by atoms with Crippen molar-refractivity contribution in [3.63, 3.8) is 0 Å². The predicted octanol–water partition coefficient (Wildman–Crippen LogP) is -0.295. The van der Waals surface area contributed by atoms with E-state index < -0.39 is 0 Å². The topological polar surface area (TPSA) is 85.8 Å². The molecular weight excluding hydrogens is 218 g/mol. The number of aryl methyl sites for hydroxylation is 1. The van der Waals surface area contributed by atoms with Crippen molar-refractivity contribution in [2.24, 2.45) is 24.6 Å². The van der Waals surface area contributed by atoms with E-state index in [2.05, 4.69) is 15.5 Å². The normalized spacial score (nSPS) is 12.8. The summed E-state index contributed by atoms with van der Waals surface area (Å²) in [5.74, 6) is 1.02. The Labute approximate surface area is 102 Å². The molecule has 0 aliphatic heterocycles. The first-order chi connectivity index (χ1) is 8.06. The van der Waals surface area contributed by atoms with Gasteiger partial charge in [-0.2, -0.15) is 0 Å². The Kier molecular flexibility index (Phi) is 5.09. The van der Waals surface area contributed by atoms with Crippen molar-refractivity contribution in [1.29, 1.82) is 0 Å². The molecule has 1 amide bonds. The van der Waals surface area contributed by atoms with Crippen LogP contribution in [0.5, 0.6) is 0 Å². The van der Waals surface area contributed by atoms with E-state index in [-0.39, 0.29) is 17.7 Å². The molecule has 6 nitrogen and oxygen atoms in total. The molecule has 0 bridgehead atoms. The van der Waals surface area contributed by atoms with Crippen LogP contribution in [0.3, 0.4) is 0 Å². The van der Waals surface area contributed by atoms with Crippen LogP contribution in [0, 0.1) is 11.8 Å². The maximum Gasteiger partial charge on any atom is 0.224 e. The number of nitrogens with one attached hydrogen (secondary N) is 1. The molecule has 3 N–H and O–H groups in total. The number of rotatable bonds is 6. The Morgan fingerprint density at radius 2 is 2.29 bits per heavy atom. The molecule has 1 rings (SSSR count). The molecule has 6 heteroatoms. The van der Waals surface area contributed by atoms with Crippen LogP contribution in [0.15, 0.2) is 6.33 Å². The van der Waals surface area contributed by atoms with Crippen LogP contribution in [-0.4, -0.2) is 33.8 Å². The van der Waals surface area contributed by atoms with Gasteiger partial charge < -0.3 is 15.6 Å².